The van der Waals surface area contributed by atoms with Crippen LogP contribution in [0.25, 0.3) is 0 Å². The van der Waals surface area contributed by atoms with E-state index in [1.54, 1.807) is 31.4 Å². The van der Waals surface area contributed by atoms with Gasteiger partial charge in [-0.1, -0.05) is 12.1 Å². The van der Waals surface area contributed by atoms with Gasteiger partial charge in [0.15, 0.2) is 0 Å². The highest BCUT2D eigenvalue weighted by atomic mass is 16.5. The summed E-state index contributed by atoms with van der Waals surface area (Å²) in [5.41, 5.74) is 0.826. The van der Waals surface area contributed by atoms with Crippen LogP contribution in [-0.4, -0.2) is 30.1 Å². The fraction of sp³-hybridized carbons (Fsp3) is 0.467. The third-order valence-electron chi connectivity index (χ3n) is 2.89. The first-order valence-corrected chi connectivity index (χ1v) is 6.57. The zero-order chi connectivity index (χ0) is 15.1. The van der Waals surface area contributed by atoms with Crippen molar-refractivity contribution in [3.63, 3.8) is 0 Å². The molecule has 0 aliphatic carbocycles. The van der Waals surface area contributed by atoms with Gasteiger partial charge in [-0.05, 0) is 31.5 Å². The van der Waals surface area contributed by atoms with E-state index in [-0.39, 0.29) is 30.7 Å². The lowest BCUT2D eigenvalue weighted by molar-refractivity contribution is -0.137. The van der Waals surface area contributed by atoms with E-state index >= 15 is 0 Å². The number of carboxylic acid groups (broad SMARTS) is 1. The molecule has 0 unspecified atom stereocenters. The molecule has 0 aromatic heterocycles. The molecule has 1 rings (SSSR count). The molecule has 2 N–H and O–H groups in total. The van der Waals surface area contributed by atoms with Gasteiger partial charge in [0.2, 0.25) is 5.91 Å². The van der Waals surface area contributed by atoms with Crippen LogP contribution in [0.1, 0.15) is 38.2 Å². The minimum atomic E-state index is -0.914. The number of aliphatic carboxylic acids is 1. The van der Waals surface area contributed by atoms with Crippen LogP contribution in [0.5, 0.6) is 5.75 Å². The van der Waals surface area contributed by atoms with Crippen molar-refractivity contribution in [1.29, 1.82) is 0 Å². The first-order valence-electron chi connectivity index (χ1n) is 6.57. The molecule has 1 aromatic rings. The molecule has 0 saturated heterocycles. The predicted molar refractivity (Wildman–Crippen MR) is 75.9 cm³/mol. The Balaban J connectivity index is 2.81. The number of amides is 1. The highest BCUT2D eigenvalue weighted by molar-refractivity contribution is 5.78. The molecule has 5 heteroatoms. The third kappa shape index (κ3) is 5.30. The fourth-order valence-electron chi connectivity index (χ4n) is 2.00. The molecule has 0 heterocycles. The summed E-state index contributed by atoms with van der Waals surface area (Å²) < 4.78 is 5.07. The number of benzene rings is 1. The van der Waals surface area contributed by atoms with Crippen LogP contribution < -0.4 is 10.1 Å². The van der Waals surface area contributed by atoms with Crippen LogP contribution in [0.3, 0.4) is 0 Å². The van der Waals surface area contributed by atoms with Crippen molar-refractivity contribution < 1.29 is 19.4 Å². The first-order chi connectivity index (χ1) is 9.42. The highest BCUT2D eigenvalue weighted by Gasteiger charge is 2.19. The van der Waals surface area contributed by atoms with Crippen LogP contribution in [0.2, 0.25) is 0 Å². The molecule has 0 aliphatic heterocycles. The van der Waals surface area contributed by atoms with Crippen molar-refractivity contribution in [2.75, 3.05) is 7.11 Å². The Morgan fingerprint density at radius 1 is 1.20 bits per heavy atom. The number of methoxy groups -OCH3 is 1. The average Bonchev–Trinajstić information content (AvgIpc) is 2.36. The van der Waals surface area contributed by atoms with E-state index in [9.17, 15) is 9.59 Å². The van der Waals surface area contributed by atoms with E-state index in [0.717, 1.165) is 5.56 Å². The number of carbonyl (C=O) groups is 2. The molecule has 110 valence electrons. The largest absolute Gasteiger partial charge is 0.497 e. The molecule has 5 nitrogen and oxygen atoms in total. The van der Waals surface area contributed by atoms with Crippen molar-refractivity contribution in [3.8, 4) is 5.75 Å². The van der Waals surface area contributed by atoms with E-state index in [1.807, 2.05) is 13.8 Å². The lowest BCUT2D eigenvalue weighted by Gasteiger charge is -2.16. The van der Waals surface area contributed by atoms with Gasteiger partial charge in [-0.3, -0.25) is 9.59 Å². The van der Waals surface area contributed by atoms with Gasteiger partial charge in [-0.25, -0.2) is 0 Å². The number of nitrogens with one attached hydrogen (secondary N) is 1. The summed E-state index contributed by atoms with van der Waals surface area (Å²) in [4.78, 5) is 22.8. The number of rotatable bonds is 7. The molecule has 0 bridgehead atoms. The Bertz CT molecular complexity index is 453. The second-order valence-electron chi connectivity index (χ2n) is 4.99. The SMILES string of the molecule is COc1ccc([C@H](CC(=O)O)CC(=O)NC(C)C)cc1. The van der Waals surface area contributed by atoms with Gasteiger partial charge in [-0.2, -0.15) is 0 Å². The summed E-state index contributed by atoms with van der Waals surface area (Å²) in [5, 5.41) is 11.8. The number of carboxylic acids is 1. The normalized spacial score (nSPS) is 12.0. The summed E-state index contributed by atoms with van der Waals surface area (Å²) in [5.74, 6) is -0.683. The van der Waals surface area contributed by atoms with Gasteiger partial charge in [0.1, 0.15) is 5.75 Å². The Morgan fingerprint density at radius 3 is 2.25 bits per heavy atom. The number of hydrogen-bond donors (Lipinski definition) is 2. The quantitative estimate of drug-likeness (QED) is 0.802. The van der Waals surface area contributed by atoms with Crippen LogP contribution in [0.4, 0.5) is 0 Å². The monoisotopic (exact) mass is 279 g/mol. The number of hydrogen-bond acceptors (Lipinski definition) is 3. The molecular formula is C15H21NO4. The van der Waals surface area contributed by atoms with Crippen LogP contribution in [0, 0.1) is 0 Å². The van der Waals surface area contributed by atoms with E-state index < -0.39 is 5.97 Å². The van der Waals surface area contributed by atoms with Crippen molar-refractivity contribution in [2.24, 2.45) is 0 Å². The van der Waals surface area contributed by atoms with Crippen molar-refractivity contribution in [1.82, 2.24) is 5.32 Å². The topological polar surface area (TPSA) is 75.6 Å². The van der Waals surface area contributed by atoms with Crippen molar-refractivity contribution in [3.05, 3.63) is 29.8 Å². The Kier molecular flexibility index (Phi) is 6.03. The molecule has 1 amide bonds. The van der Waals surface area contributed by atoms with Gasteiger partial charge >= 0.3 is 5.97 Å². The summed E-state index contributed by atoms with van der Waals surface area (Å²) >= 11 is 0. The van der Waals surface area contributed by atoms with E-state index in [1.165, 1.54) is 0 Å². The Hall–Kier alpha value is -2.04. The maximum absolute atomic E-state index is 11.8. The summed E-state index contributed by atoms with van der Waals surface area (Å²) in [6.45, 7) is 3.75. The van der Waals surface area contributed by atoms with Crippen LogP contribution in [-0.2, 0) is 9.59 Å². The smallest absolute Gasteiger partial charge is 0.303 e. The molecule has 0 aliphatic rings. The minimum Gasteiger partial charge on any atom is -0.497 e. The zero-order valence-corrected chi connectivity index (χ0v) is 12.1. The van der Waals surface area contributed by atoms with Gasteiger partial charge in [0.25, 0.3) is 0 Å². The highest BCUT2D eigenvalue weighted by Crippen LogP contribution is 2.25. The maximum Gasteiger partial charge on any atom is 0.303 e. The fourth-order valence-corrected chi connectivity index (χ4v) is 2.00. The summed E-state index contributed by atoms with van der Waals surface area (Å²) in [6, 6.07) is 7.18. The van der Waals surface area contributed by atoms with E-state index in [2.05, 4.69) is 5.32 Å². The van der Waals surface area contributed by atoms with Gasteiger partial charge in [0.05, 0.1) is 13.5 Å². The van der Waals surface area contributed by atoms with Crippen molar-refractivity contribution >= 4 is 11.9 Å². The first kappa shape index (κ1) is 16.0. The van der Waals surface area contributed by atoms with Crippen molar-refractivity contribution in [2.45, 2.75) is 38.6 Å². The Labute approximate surface area is 118 Å². The van der Waals surface area contributed by atoms with Gasteiger partial charge in [-0.15, -0.1) is 0 Å². The molecule has 1 atom stereocenters. The number of carbonyl (C=O) groups excluding carboxylic acids is 1. The van der Waals surface area contributed by atoms with Crippen LogP contribution >= 0.6 is 0 Å². The van der Waals surface area contributed by atoms with E-state index in [4.69, 9.17) is 9.84 Å². The molecule has 20 heavy (non-hydrogen) atoms. The average molecular weight is 279 g/mol. The van der Waals surface area contributed by atoms with Gasteiger partial charge in [0, 0.05) is 18.4 Å². The summed E-state index contributed by atoms with van der Waals surface area (Å²) in [7, 11) is 1.57. The molecule has 0 saturated carbocycles. The number of ether oxygens (including phenoxy) is 1. The van der Waals surface area contributed by atoms with E-state index in [0.29, 0.717) is 5.75 Å². The van der Waals surface area contributed by atoms with Gasteiger partial charge < -0.3 is 15.2 Å². The second-order valence-corrected chi connectivity index (χ2v) is 4.99. The van der Waals surface area contributed by atoms with Crippen LogP contribution in [0.15, 0.2) is 24.3 Å². The predicted octanol–water partition coefficient (Wildman–Crippen LogP) is 2.17. The molecule has 0 fully saturated rings. The summed E-state index contributed by atoms with van der Waals surface area (Å²) in [6.07, 6.45) is 0.0919. The third-order valence-corrected chi connectivity index (χ3v) is 2.89. The lowest BCUT2D eigenvalue weighted by Crippen LogP contribution is -2.31. The lowest BCUT2D eigenvalue weighted by atomic mass is 9.92. The molecule has 1 aromatic carbocycles. The molecular weight excluding hydrogens is 258 g/mol. The maximum atomic E-state index is 11.8. The molecule has 0 radical (unpaired) electrons. The molecule has 0 spiro atoms. The minimum absolute atomic E-state index is 0.0452. The Morgan fingerprint density at radius 2 is 1.80 bits per heavy atom. The zero-order valence-electron chi connectivity index (χ0n) is 12.1. The second kappa shape index (κ2) is 7.53. The standard InChI is InChI=1S/C15H21NO4/c1-10(2)16-14(17)8-12(9-15(18)19)11-4-6-13(20-3)7-5-11/h4-7,10,12H,8-9H2,1-3H3,(H,16,17)(H,18,19)/t12-/m0/s1.